The first kappa shape index (κ1) is 9.01. The quantitative estimate of drug-likeness (QED) is 0.613. The van der Waals surface area contributed by atoms with Gasteiger partial charge in [0, 0.05) is 0 Å². The Labute approximate surface area is 69.2 Å². The second kappa shape index (κ2) is 4.07. The SMILES string of the molecule is CN(C)C(O)C1CCCCC1. The van der Waals surface area contributed by atoms with E-state index in [-0.39, 0.29) is 6.23 Å². The highest BCUT2D eigenvalue weighted by molar-refractivity contribution is 4.71. The third-order valence-electron chi connectivity index (χ3n) is 2.60. The molecule has 66 valence electrons. The van der Waals surface area contributed by atoms with Crippen molar-refractivity contribution in [3.8, 4) is 0 Å². The first-order chi connectivity index (χ1) is 5.22. The molecule has 1 atom stereocenters. The maximum Gasteiger partial charge on any atom is 0.109 e. The van der Waals surface area contributed by atoms with Crippen LogP contribution in [-0.2, 0) is 0 Å². The summed E-state index contributed by atoms with van der Waals surface area (Å²) in [5, 5.41) is 9.68. The van der Waals surface area contributed by atoms with E-state index < -0.39 is 0 Å². The van der Waals surface area contributed by atoms with Crippen molar-refractivity contribution in [1.82, 2.24) is 4.90 Å². The van der Waals surface area contributed by atoms with Crippen molar-refractivity contribution >= 4 is 0 Å². The lowest BCUT2D eigenvalue weighted by molar-refractivity contribution is -0.0225. The van der Waals surface area contributed by atoms with E-state index in [0.29, 0.717) is 5.92 Å². The van der Waals surface area contributed by atoms with Gasteiger partial charge < -0.3 is 5.11 Å². The Balaban J connectivity index is 2.32. The summed E-state index contributed by atoms with van der Waals surface area (Å²) in [7, 11) is 3.89. The Morgan fingerprint density at radius 3 is 2.18 bits per heavy atom. The molecule has 0 aliphatic heterocycles. The summed E-state index contributed by atoms with van der Waals surface area (Å²) in [6.07, 6.45) is 6.16. The number of hydrogen-bond donors (Lipinski definition) is 1. The van der Waals surface area contributed by atoms with Gasteiger partial charge in [-0.05, 0) is 32.9 Å². The van der Waals surface area contributed by atoms with Crippen molar-refractivity contribution in [3.05, 3.63) is 0 Å². The molecular formula is C9H19NO. The maximum atomic E-state index is 9.68. The molecule has 0 amide bonds. The molecule has 0 heterocycles. The van der Waals surface area contributed by atoms with Crippen molar-refractivity contribution in [3.63, 3.8) is 0 Å². The van der Waals surface area contributed by atoms with Crippen LogP contribution >= 0.6 is 0 Å². The van der Waals surface area contributed by atoms with Gasteiger partial charge in [-0.15, -0.1) is 0 Å². The molecule has 2 heteroatoms. The molecule has 2 nitrogen and oxygen atoms in total. The van der Waals surface area contributed by atoms with Crippen molar-refractivity contribution in [2.24, 2.45) is 5.92 Å². The predicted molar refractivity (Wildman–Crippen MR) is 46.3 cm³/mol. The van der Waals surface area contributed by atoms with Crippen LogP contribution in [-0.4, -0.2) is 30.3 Å². The lowest BCUT2D eigenvalue weighted by Crippen LogP contribution is -2.35. The fraction of sp³-hybridized carbons (Fsp3) is 1.00. The summed E-state index contributed by atoms with van der Waals surface area (Å²) in [5.41, 5.74) is 0. The summed E-state index contributed by atoms with van der Waals surface area (Å²) < 4.78 is 0. The Bertz CT molecular complexity index is 108. The molecule has 1 unspecified atom stereocenters. The molecule has 0 radical (unpaired) electrons. The second-order valence-electron chi connectivity index (χ2n) is 3.78. The minimum absolute atomic E-state index is 0.213. The van der Waals surface area contributed by atoms with Gasteiger partial charge in [0.15, 0.2) is 0 Å². The van der Waals surface area contributed by atoms with Crippen LogP contribution in [0.25, 0.3) is 0 Å². The van der Waals surface area contributed by atoms with Gasteiger partial charge in [-0.3, -0.25) is 4.90 Å². The largest absolute Gasteiger partial charge is 0.378 e. The van der Waals surface area contributed by atoms with Crippen LogP contribution in [0.3, 0.4) is 0 Å². The lowest BCUT2D eigenvalue weighted by atomic mass is 9.88. The third-order valence-corrected chi connectivity index (χ3v) is 2.60. The highest BCUT2D eigenvalue weighted by Crippen LogP contribution is 2.26. The van der Waals surface area contributed by atoms with E-state index in [9.17, 15) is 5.11 Å². The summed E-state index contributed by atoms with van der Waals surface area (Å²) in [6.45, 7) is 0. The summed E-state index contributed by atoms with van der Waals surface area (Å²) in [5.74, 6) is 0.527. The molecule has 0 aromatic heterocycles. The molecular weight excluding hydrogens is 138 g/mol. The van der Waals surface area contributed by atoms with Crippen LogP contribution < -0.4 is 0 Å². The first-order valence-electron chi connectivity index (χ1n) is 4.56. The first-order valence-corrected chi connectivity index (χ1v) is 4.56. The van der Waals surface area contributed by atoms with Gasteiger partial charge in [0.2, 0.25) is 0 Å². The van der Waals surface area contributed by atoms with Crippen LogP contribution in [0, 0.1) is 5.92 Å². The van der Waals surface area contributed by atoms with E-state index in [2.05, 4.69) is 0 Å². The average molecular weight is 157 g/mol. The van der Waals surface area contributed by atoms with E-state index >= 15 is 0 Å². The molecule has 1 fully saturated rings. The maximum absolute atomic E-state index is 9.68. The number of aliphatic hydroxyl groups is 1. The van der Waals surface area contributed by atoms with Gasteiger partial charge in [0.05, 0.1) is 0 Å². The lowest BCUT2D eigenvalue weighted by Gasteiger charge is -2.30. The summed E-state index contributed by atoms with van der Waals surface area (Å²) >= 11 is 0. The average Bonchev–Trinajstić information content (AvgIpc) is 2.05. The number of nitrogens with zero attached hydrogens (tertiary/aromatic N) is 1. The molecule has 1 N–H and O–H groups in total. The second-order valence-corrected chi connectivity index (χ2v) is 3.78. The van der Waals surface area contributed by atoms with Crippen LogP contribution in [0.4, 0.5) is 0 Å². The molecule has 1 aliphatic carbocycles. The van der Waals surface area contributed by atoms with Crippen molar-refractivity contribution in [2.75, 3.05) is 14.1 Å². The van der Waals surface area contributed by atoms with Crippen molar-refractivity contribution < 1.29 is 5.11 Å². The Morgan fingerprint density at radius 2 is 1.73 bits per heavy atom. The van der Waals surface area contributed by atoms with Crippen molar-refractivity contribution in [2.45, 2.75) is 38.3 Å². The molecule has 0 saturated heterocycles. The fourth-order valence-electron chi connectivity index (χ4n) is 1.85. The Hall–Kier alpha value is -0.0800. The van der Waals surface area contributed by atoms with Gasteiger partial charge in [0.1, 0.15) is 6.23 Å². The van der Waals surface area contributed by atoms with E-state index in [1.165, 1.54) is 32.1 Å². The third kappa shape index (κ3) is 2.46. The molecule has 0 spiro atoms. The highest BCUT2D eigenvalue weighted by Gasteiger charge is 2.22. The highest BCUT2D eigenvalue weighted by atomic mass is 16.3. The fourth-order valence-corrected chi connectivity index (χ4v) is 1.85. The number of rotatable bonds is 2. The summed E-state index contributed by atoms with van der Waals surface area (Å²) in [4.78, 5) is 1.91. The Morgan fingerprint density at radius 1 is 1.18 bits per heavy atom. The van der Waals surface area contributed by atoms with E-state index in [1.807, 2.05) is 19.0 Å². The minimum Gasteiger partial charge on any atom is -0.378 e. The molecule has 1 rings (SSSR count). The minimum atomic E-state index is -0.213. The van der Waals surface area contributed by atoms with Gasteiger partial charge in [-0.25, -0.2) is 0 Å². The van der Waals surface area contributed by atoms with Gasteiger partial charge >= 0.3 is 0 Å². The number of hydrogen-bond acceptors (Lipinski definition) is 2. The van der Waals surface area contributed by atoms with Crippen LogP contribution in [0.15, 0.2) is 0 Å². The number of aliphatic hydroxyl groups excluding tert-OH is 1. The van der Waals surface area contributed by atoms with E-state index in [1.54, 1.807) is 0 Å². The molecule has 0 aromatic rings. The Kier molecular flexibility index (Phi) is 3.34. The van der Waals surface area contributed by atoms with Gasteiger partial charge in [-0.2, -0.15) is 0 Å². The zero-order valence-corrected chi connectivity index (χ0v) is 7.58. The topological polar surface area (TPSA) is 23.5 Å². The van der Waals surface area contributed by atoms with Gasteiger partial charge in [-0.1, -0.05) is 19.3 Å². The molecule has 1 aliphatic rings. The van der Waals surface area contributed by atoms with Crippen molar-refractivity contribution in [1.29, 1.82) is 0 Å². The molecule has 1 saturated carbocycles. The monoisotopic (exact) mass is 157 g/mol. The summed E-state index contributed by atoms with van der Waals surface area (Å²) in [6, 6.07) is 0. The predicted octanol–water partition coefficient (Wildman–Crippen LogP) is 1.45. The molecule has 0 bridgehead atoms. The van der Waals surface area contributed by atoms with Crippen LogP contribution in [0.1, 0.15) is 32.1 Å². The zero-order valence-electron chi connectivity index (χ0n) is 7.58. The smallest absolute Gasteiger partial charge is 0.109 e. The molecule has 11 heavy (non-hydrogen) atoms. The normalized spacial score (nSPS) is 24.0. The standard InChI is InChI=1S/C9H19NO/c1-10(2)9(11)8-6-4-3-5-7-8/h8-9,11H,3-7H2,1-2H3. The molecule has 0 aromatic carbocycles. The zero-order chi connectivity index (χ0) is 8.27. The van der Waals surface area contributed by atoms with Crippen LogP contribution in [0.5, 0.6) is 0 Å². The van der Waals surface area contributed by atoms with Crippen LogP contribution in [0.2, 0.25) is 0 Å². The van der Waals surface area contributed by atoms with Gasteiger partial charge in [0.25, 0.3) is 0 Å². The van der Waals surface area contributed by atoms with E-state index in [4.69, 9.17) is 0 Å². The van der Waals surface area contributed by atoms with E-state index in [0.717, 1.165) is 0 Å².